The summed E-state index contributed by atoms with van der Waals surface area (Å²) < 4.78 is 11.7. The zero-order valence-electron chi connectivity index (χ0n) is 16.9. The van der Waals surface area contributed by atoms with Crippen LogP contribution in [0.3, 0.4) is 0 Å². The minimum absolute atomic E-state index is 0.115. The van der Waals surface area contributed by atoms with E-state index in [-0.39, 0.29) is 18.6 Å². The monoisotopic (exact) mass is 444 g/mol. The largest absolute Gasteiger partial charge is 0.491 e. The van der Waals surface area contributed by atoms with Gasteiger partial charge >= 0.3 is 12.0 Å². The van der Waals surface area contributed by atoms with Crippen LogP contribution in [0.1, 0.15) is 12.5 Å². The first-order chi connectivity index (χ1) is 14.8. The molecule has 31 heavy (non-hydrogen) atoms. The summed E-state index contributed by atoms with van der Waals surface area (Å²) in [7, 11) is 0. The predicted octanol–water partition coefficient (Wildman–Crippen LogP) is 3.57. The van der Waals surface area contributed by atoms with Crippen LogP contribution >= 0.6 is 11.6 Å². The predicted molar refractivity (Wildman–Crippen MR) is 117 cm³/mol. The third kappa shape index (κ3) is 5.35. The molecule has 1 aromatic heterocycles. The minimum atomic E-state index is -1.13. The number of rotatable bonds is 7. The van der Waals surface area contributed by atoms with E-state index >= 15 is 0 Å². The van der Waals surface area contributed by atoms with Gasteiger partial charge < -0.3 is 24.9 Å². The van der Waals surface area contributed by atoms with Crippen LogP contribution in [-0.2, 0) is 4.79 Å². The molecule has 0 bridgehead atoms. The summed E-state index contributed by atoms with van der Waals surface area (Å²) in [6.07, 6.45) is 0. The fourth-order valence-electron chi connectivity index (χ4n) is 2.86. The normalized spacial score (nSPS) is 11.7. The van der Waals surface area contributed by atoms with Gasteiger partial charge in [0.25, 0.3) is 0 Å². The van der Waals surface area contributed by atoms with Gasteiger partial charge in [-0.3, -0.25) is 9.59 Å². The number of nitrogens with one attached hydrogen (secondary N) is 2. The number of benzene rings is 2. The molecule has 1 heterocycles. The second-order valence-electron chi connectivity index (χ2n) is 6.90. The Labute approximate surface area is 182 Å². The maximum Gasteiger partial charge on any atom is 0.325 e. The van der Waals surface area contributed by atoms with Gasteiger partial charge in [-0.15, -0.1) is 0 Å². The number of hydrogen-bond donors (Lipinski definition) is 3. The molecule has 0 saturated carbocycles. The van der Waals surface area contributed by atoms with Crippen molar-refractivity contribution in [2.24, 2.45) is 0 Å². The number of aryl methyl sites for hydroxylation is 1. The first-order valence-corrected chi connectivity index (χ1v) is 9.87. The van der Waals surface area contributed by atoms with E-state index in [9.17, 15) is 14.4 Å². The molecule has 1 atom stereocenters. The molecule has 3 N–H and O–H groups in total. The number of urea groups is 1. The molecular formula is C22H21ClN2O6. The number of hydrogen-bond acceptors (Lipinski definition) is 5. The first kappa shape index (κ1) is 22.2. The van der Waals surface area contributed by atoms with Crippen molar-refractivity contribution in [1.29, 1.82) is 0 Å². The molecule has 0 saturated heterocycles. The van der Waals surface area contributed by atoms with Crippen molar-refractivity contribution in [2.75, 3.05) is 13.2 Å². The summed E-state index contributed by atoms with van der Waals surface area (Å²) in [5.41, 5.74) is 1.56. The molecule has 0 fully saturated rings. The standard InChI is InChI=1S/C22H21ClN2O6/c1-12-6-7-15(19-11-17(26)14-4-3-5-16(23)20(14)31-19)18(10-12)30-9-8-24-22(29)25-13(2)21(27)28/h3-7,10-11,13H,8-9H2,1-2H3,(H,27,28)(H2,24,25,29). The number of carboxylic acids is 1. The molecule has 162 valence electrons. The molecule has 2 amide bonds. The maximum absolute atomic E-state index is 12.5. The number of amides is 2. The third-order valence-electron chi connectivity index (χ3n) is 4.47. The summed E-state index contributed by atoms with van der Waals surface area (Å²) in [5, 5.41) is 14.3. The SMILES string of the molecule is Cc1ccc(-c2cc(=O)c3cccc(Cl)c3o2)c(OCCNC(=O)NC(C)C(=O)O)c1. The van der Waals surface area contributed by atoms with Crippen LogP contribution in [0.5, 0.6) is 5.75 Å². The molecule has 0 aliphatic carbocycles. The van der Waals surface area contributed by atoms with Crippen molar-refractivity contribution < 1.29 is 23.8 Å². The highest BCUT2D eigenvalue weighted by atomic mass is 35.5. The lowest BCUT2D eigenvalue weighted by Crippen LogP contribution is -2.45. The second-order valence-corrected chi connectivity index (χ2v) is 7.31. The summed E-state index contributed by atoms with van der Waals surface area (Å²) in [5.74, 6) is -0.356. The topological polar surface area (TPSA) is 118 Å². The van der Waals surface area contributed by atoms with E-state index in [0.29, 0.717) is 33.1 Å². The Bertz CT molecular complexity index is 1190. The number of para-hydroxylation sites is 1. The Morgan fingerprint density at radius 3 is 2.74 bits per heavy atom. The fourth-order valence-corrected chi connectivity index (χ4v) is 3.08. The number of halogens is 1. The fraction of sp³-hybridized carbons (Fsp3) is 0.227. The third-order valence-corrected chi connectivity index (χ3v) is 4.77. The number of fused-ring (bicyclic) bond motifs is 1. The van der Waals surface area contributed by atoms with Crippen LogP contribution in [0, 0.1) is 6.92 Å². The number of carboxylic acid groups (broad SMARTS) is 1. The molecule has 3 aromatic rings. The van der Waals surface area contributed by atoms with E-state index in [0.717, 1.165) is 5.56 Å². The average Bonchev–Trinajstić information content (AvgIpc) is 2.72. The van der Waals surface area contributed by atoms with Crippen LogP contribution in [0.25, 0.3) is 22.3 Å². The lowest BCUT2D eigenvalue weighted by molar-refractivity contribution is -0.138. The highest BCUT2D eigenvalue weighted by Gasteiger charge is 2.15. The molecule has 0 aliphatic heterocycles. The van der Waals surface area contributed by atoms with Crippen LogP contribution in [0.2, 0.25) is 5.02 Å². The van der Waals surface area contributed by atoms with Crippen molar-refractivity contribution in [1.82, 2.24) is 10.6 Å². The zero-order valence-corrected chi connectivity index (χ0v) is 17.7. The maximum atomic E-state index is 12.5. The molecule has 1 unspecified atom stereocenters. The Morgan fingerprint density at radius 1 is 1.23 bits per heavy atom. The highest BCUT2D eigenvalue weighted by molar-refractivity contribution is 6.34. The smallest absolute Gasteiger partial charge is 0.325 e. The van der Waals surface area contributed by atoms with Crippen molar-refractivity contribution in [3.63, 3.8) is 0 Å². The van der Waals surface area contributed by atoms with E-state index in [1.807, 2.05) is 13.0 Å². The van der Waals surface area contributed by atoms with Gasteiger partial charge in [-0.2, -0.15) is 0 Å². The summed E-state index contributed by atoms with van der Waals surface area (Å²) in [6.45, 7) is 3.51. The lowest BCUT2D eigenvalue weighted by Gasteiger charge is -2.14. The average molecular weight is 445 g/mol. The molecular weight excluding hydrogens is 424 g/mol. The number of aliphatic carboxylic acids is 1. The summed E-state index contributed by atoms with van der Waals surface area (Å²) >= 11 is 6.19. The summed E-state index contributed by atoms with van der Waals surface area (Å²) in [6, 6.07) is 10.2. The van der Waals surface area contributed by atoms with Gasteiger partial charge in [0.2, 0.25) is 0 Å². The molecule has 2 aromatic carbocycles. The summed E-state index contributed by atoms with van der Waals surface area (Å²) in [4.78, 5) is 35.0. The first-order valence-electron chi connectivity index (χ1n) is 9.49. The van der Waals surface area contributed by atoms with Gasteiger partial charge in [-0.1, -0.05) is 23.7 Å². The number of ether oxygens (including phenoxy) is 1. The Hall–Kier alpha value is -3.52. The quantitative estimate of drug-likeness (QED) is 0.479. The van der Waals surface area contributed by atoms with E-state index in [4.69, 9.17) is 25.9 Å². The number of carbonyl (C=O) groups is 2. The van der Waals surface area contributed by atoms with Gasteiger partial charge in [0.15, 0.2) is 11.0 Å². The van der Waals surface area contributed by atoms with Gasteiger partial charge in [-0.25, -0.2) is 4.79 Å². The molecule has 3 rings (SSSR count). The molecule has 0 spiro atoms. The zero-order chi connectivity index (χ0) is 22.5. The van der Waals surface area contributed by atoms with E-state index < -0.39 is 18.0 Å². The van der Waals surface area contributed by atoms with Crippen molar-refractivity contribution >= 4 is 34.6 Å². The van der Waals surface area contributed by atoms with Crippen LogP contribution in [0.15, 0.2) is 51.7 Å². The van der Waals surface area contributed by atoms with Crippen molar-refractivity contribution in [2.45, 2.75) is 19.9 Å². The lowest BCUT2D eigenvalue weighted by atomic mass is 10.1. The number of carbonyl (C=O) groups excluding carboxylic acids is 1. The molecule has 9 heteroatoms. The van der Waals surface area contributed by atoms with Crippen LogP contribution in [-0.4, -0.2) is 36.3 Å². The Kier molecular flexibility index (Phi) is 6.81. The molecule has 0 radical (unpaired) electrons. The van der Waals surface area contributed by atoms with Gasteiger partial charge in [0, 0.05) is 6.07 Å². The Morgan fingerprint density at radius 2 is 2.00 bits per heavy atom. The van der Waals surface area contributed by atoms with E-state index in [2.05, 4.69) is 10.6 Å². The van der Waals surface area contributed by atoms with Crippen LogP contribution in [0.4, 0.5) is 4.79 Å². The van der Waals surface area contributed by atoms with E-state index in [1.165, 1.54) is 13.0 Å². The van der Waals surface area contributed by atoms with E-state index in [1.54, 1.807) is 30.3 Å². The Balaban J connectivity index is 1.77. The molecule has 0 aliphatic rings. The van der Waals surface area contributed by atoms with Crippen molar-refractivity contribution in [3.8, 4) is 17.1 Å². The highest BCUT2D eigenvalue weighted by Crippen LogP contribution is 2.33. The van der Waals surface area contributed by atoms with Gasteiger partial charge in [0.1, 0.15) is 24.2 Å². The minimum Gasteiger partial charge on any atom is -0.491 e. The second kappa shape index (κ2) is 9.53. The van der Waals surface area contributed by atoms with Crippen molar-refractivity contribution in [3.05, 3.63) is 63.3 Å². The van der Waals surface area contributed by atoms with Crippen LogP contribution < -0.4 is 20.8 Å². The van der Waals surface area contributed by atoms with Gasteiger partial charge in [0.05, 0.1) is 22.5 Å². The van der Waals surface area contributed by atoms with Gasteiger partial charge in [-0.05, 0) is 43.7 Å². The molecule has 8 nitrogen and oxygen atoms in total.